The van der Waals surface area contributed by atoms with Crippen LogP contribution in [-0.2, 0) is 10.2 Å². The molecule has 0 aromatic heterocycles. The van der Waals surface area contributed by atoms with Crippen molar-refractivity contribution in [3.63, 3.8) is 0 Å². The molecule has 2 aliphatic heterocycles. The van der Waals surface area contributed by atoms with Gasteiger partial charge in [-0.1, -0.05) is 55.0 Å². The van der Waals surface area contributed by atoms with E-state index < -0.39 is 5.41 Å². The van der Waals surface area contributed by atoms with Crippen LogP contribution in [-0.4, -0.2) is 49.5 Å². The zero-order chi connectivity index (χ0) is 18.9. The van der Waals surface area contributed by atoms with Gasteiger partial charge in [0, 0.05) is 14.1 Å². The van der Waals surface area contributed by atoms with Gasteiger partial charge in [0.1, 0.15) is 5.41 Å². The number of nitrogens with zero attached hydrogens (tertiary/aromatic N) is 3. The Morgan fingerprint density at radius 2 is 1.59 bits per heavy atom. The summed E-state index contributed by atoms with van der Waals surface area (Å²) in [6, 6.07) is 18.6. The molecule has 2 heterocycles. The summed E-state index contributed by atoms with van der Waals surface area (Å²) in [6.45, 7) is 3.26. The Labute approximate surface area is 162 Å². The van der Waals surface area contributed by atoms with Gasteiger partial charge in [-0.3, -0.25) is 4.79 Å². The molecule has 0 aliphatic carbocycles. The van der Waals surface area contributed by atoms with Gasteiger partial charge in [0.05, 0.1) is 5.69 Å². The van der Waals surface area contributed by atoms with E-state index in [1.807, 2.05) is 48.4 Å². The number of amides is 1. The molecule has 0 bridgehead atoms. The van der Waals surface area contributed by atoms with Crippen LogP contribution < -0.4 is 5.01 Å². The minimum Gasteiger partial charge on any atom is -0.303 e. The van der Waals surface area contributed by atoms with Crippen LogP contribution in [0.5, 0.6) is 0 Å². The maximum Gasteiger partial charge on any atom is 0.256 e. The van der Waals surface area contributed by atoms with E-state index in [1.54, 1.807) is 0 Å². The second-order valence-corrected chi connectivity index (χ2v) is 7.90. The molecule has 1 saturated heterocycles. The van der Waals surface area contributed by atoms with Crippen molar-refractivity contribution in [1.82, 2.24) is 9.91 Å². The quantitative estimate of drug-likeness (QED) is 0.811. The van der Waals surface area contributed by atoms with Crippen molar-refractivity contribution in [3.05, 3.63) is 65.7 Å². The smallest absolute Gasteiger partial charge is 0.256 e. The van der Waals surface area contributed by atoms with Crippen LogP contribution >= 0.6 is 0 Å². The van der Waals surface area contributed by atoms with Crippen molar-refractivity contribution in [1.29, 1.82) is 0 Å². The zero-order valence-corrected chi connectivity index (χ0v) is 16.4. The van der Waals surface area contributed by atoms with E-state index in [9.17, 15) is 4.79 Å². The molecule has 0 radical (unpaired) electrons. The summed E-state index contributed by atoms with van der Waals surface area (Å²) < 4.78 is 0. The van der Waals surface area contributed by atoms with E-state index >= 15 is 0 Å². The van der Waals surface area contributed by atoms with Crippen LogP contribution in [0.1, 0.15) is 36.8 Å². The number of anilines is 1. The lowest BCUT2D eigenvalue weighted by atomic mass is 9.72. The van der Waals surface area contributed by atoms with E-state index in [0.29, 0.717) is 0 Å². The molecule has 2 aliphatic rings. The van der Waals surface area contributed by atoms with Crippen LogP contribution in [0.15, 0.2) is 54.6 Å². The summed E-state index contributed by atoms with van der Waals surface area (Å²) >= 11 is 0. The fraction of sp³-hybridized carbons (Fsp3) is 0.435. The Morgan fingerprint density at radius 3 is 2.30 bits per heavy atom. The molecule has 2 aromatic rings. The second kappa shape index (κ2) is 7.45. The molecule has 2 aromatic carbocycles. The second-order valence-electron chi connectivity index (χ2n) is 7.90. The average Bonchev–Trinajstić information content (AvgIpc) is 2.97. The Balaban J connectivity index is 1.79. The number of para-hydroxylation sites is 1. The molecular weight excluding hydrogens is 334 g/mol. The first kappa shape index (κ1) is 18.2. The van der Waals surface area contributed by atoms with Gasteiger partial charge in [-0.05, 0) is 56.1 Å². The van der Waals surface area contributed by atoms with Crippen molar-refractivity contribution >= 4 is 11.6 Å². The van der Waals surface area contributed by atoms with Gasteiger partial charge in [0.15, 0.2) is 0 Å². The molecule has 1 atom stereocenters. The van der Waals surface area contributed by atoms with E-state index in [4.69, 9.17) is 0 Å². The summed E-state index contributed by atoms with van der Waals surface area (Å²) in [4.78, 5) is 16.4. The van der Waals surface area contributed by atoms with Crippen LogP contribution in [0.2, 0.25) is 0 Å². The van der Waals surface area contributed by atoms with Crippen LogP contribution in [0.4, 0.5) is 5.69 Å². The first-order valence-electron chi connectivity index (χ1n) is 10.0. The number of piperidine rings is 1. The highest BCUT2D eigenvalue weighted by Gasteiger charge is 2.52. The molecule has 27 heavy (non-hydrogen) atoms. The van der Waals surface area contributed by atoms with Gasteiger partial charge >= 0.3 is 0 Å². The van der Waals surface area contributed by atoms with Gasteiger partial charge in [-0.25, -0.2) is 10.0 Å². The molecule has 1 fully saturated rings. The van der Waals surface area contributed by atoms with Crippen molar-refractivity contribution in [2.75, 3.05) is 38.7 Å². The van der Waals surface area contributed by atoms with Crippen molar-refractivity contribution < 1.29 is 4.79 Å². The average molecular weight is 364 g/mol. The number of likely N-dealkylation sites (tertiary alicyclic amines) is 1. The predicted molar refractivity (Wildman–Crippen MR) is 110 cm³/mol. The molecule has 4 heteroatoms. The lowest BCUT2D eigenvalue weighted by molar-refractivity contribution is -0.124. The lowest BCUT2D eigenvalue weighted by Gasteiger charge is -2.34. The fourth-order valence-corrected chi connectivity index (χ4v) is 4.72. The van der Waals surface area contributed by atoms with E-state index in [2.05, 4.69) is 35.2 Å². The predicted octanol–water partition coefficient (Wildman–Crippen LogP) is 3.67. The minimum absolute atomic E-state index is 0.164. The molecule has 4 rings (SSSR count). The first-order chi connectivity index (χ1) is 13.1. The monoisotopic (exact) mass is 363 g/mol. The topological polar surface area (TPSA) is 26.8 Å². The summed E-state index contributed by atoms with van der Waals surface area (Å²) in [5, 5.41) is 3.76. The summed E-state index contributed by atoms with van der Waals surface area (Å²) in [6.07, 6.45) is 4.69. The molecule has 0 unspecified atom stereocenters. The Kier molecular flexibility index (Phi) is 5.02. The fourth-order valence-electron chi connectivity index (χ4n) is 4.72. The largest absolute Gasteiger partial charge is 0.303 e. The van der Waals surface area contributed by atoms with E-state index in [0.717, 1.165) is 42.9 Å². The summed E-state index contributed by atoms with van der Waals surface area (Å²) in [5.41, 5.74) is 2.63. The van der Waals surface area contributed by atoms with Crippen molar-refractivity contribution in [2.24, 2.45) is 0 Å². The van der Waals surface area contributed by atoms with Crippen LogP contribution in [0.25, 0.3) is 0 Å². The van der Waals surface area contributed by atoms with E-state index in [1.165, 1.54) is 19.3 Å². The maximum absolute atomic E-state index is 13.9. The van der Waals surface area contributed by atoms with Gasteiger partial charge in [-0.2, -0.15) is 0 Å². The molecule has 0 saturated carbocycles. The Hall–Kier alpha value is -2.17. The molecular formula is C23H29N3O. The normalized spacial score (nSPS) is 23.1. The number of hydrazine groups is 1. The number of carbonyl (C=O) groups is 1. The number of carbonyl (C=O) groups excluding carboxylic acids is 1. The number of hydrogen-bond acceptors (Lipinski definition) is 3. The maximum atomic E-state index is 13.9. The molecule has 142 valence electrons. The van der Waals surface area contributed by atoms with Crippen molar-refractivity contribution in [2.45, 2.75) is 31.1 Å². The van der Waals surface area contributed by atoms with Crippen LogP contribution in [0.3, 0.4) is 0 Å². The number of benzene rings is 2. The van der Waals surface area contributed by atoms with Gasteiger partial charge in [0.2, 0.25) is 0 Å². The third-order valence-corrected chi connectivity index (χ3v) is 6.07. The van der Waals surface area contributed by atoms with Gasteiger partial charge in [-0.15, -0.1) is 0 Å². The van der Waals surface area contributed by atoms with Gasteiger partial charge in [0.25, 0.3) is 5.91 Å². The highest BCUT2D eigenvalue weighted by Crippen LogP contribution is 2.48. The number of fused-ring (bicyclic) bond motifs is 1. The molecule has 0 N–H and O–H groups in total. The lowest BCUT2D eigenvalue weighted by Crippen LogP contribution is -2.48. The molecule has 1 amide bonds. The van der Waals surface area contributed by atoms with Crippen molar-refractivity contribution in [3.8, 4) is 0 Å². The highest BCUT2D eigenvalue weighted by atomic mass is 16.2. The zero-order valence-electron chi connectivity index (χ0n) is 16.4. The number of rotatable bonds is 5. The van der Waals surface area contributed by atoms with Crippen LogP contribution in [0, 0.1) is 0 Å². The van der Waals surface area contributed by atoms with Gasteiger partial charge < -0.3 is 4.90 Å². The standard InChI is InChI=1S/C23H29N3O/c1-24(2)26-21-14-8-7-13-20(21)23(22(26)27,19-11-5-3-6-12-19)15-18-25-16-9-4-10-17-25/h3,5-8,11-14H,4,9-10,15-18H2,1-2H3/t23-/m1/s1. The first-order valence-corrected chi connectivity index (χ1v) is 10.0. The SMILES string of the molecule is CN(C)N1C(=O)[C@](CCN2CCCCC2)(c2ccccc2)c2ccccc21. The Morgan fingerprint density at radius 1 is 0.926 bits per heavy atom. The summed E-state index contributed by atoms with van der Waals surface area (Å²) in [5.74, 6) is 0.164. The third kappa shape index (κ3) is 3.07. The third-order valence-electron chi connectivity index (χ3n) is 6.07. The molecule has 4 nitrogen and oxygen atoms in total. The Bertz CT molecular complexity index is 798. The van der Waals surface area contributed by atoms with E-state index in [-0.39, 0.29) is 5.91 Å². The number of hydrogen-bond donors (Lipinski definition) is 0. The molecule has 0 spiro atoms. The summed E-state index contributed by atoms with van der Waals surface area (Å²) in [7, 11) is 3.89. The highest BCUT2D eigenvalue weighted by molar-refractivity contribution is 6.09. The minimum atomic E-state index is -0.612.